The molecule has 0 fully saturated rings. The molecule has 0 N–H and O–H groups in total. The summed E-state index contributed by atoms with van der Waals surface area (Å²) in [7, 11) is 0. The third kappa shape index (κ3) is 3.38. The summed E-state index contributed by atoms with van der Waals surface area (Å²) in [5.74, 6) is 0.583. The third-order valence-electron chi connectivity index (χ3n) is 3.32. The molecule has 0 saturated carbocycles. The van der Waals surface area contributed by atoms with E-state index in [0.29, 0.717) is 18.1 Å². The standard InChI is InChI=1S/C19H15NO2/c21-13-16-7-4-8-17(11-16)18-9-10-19(20-12-18)22-14-15-5-2-1-3-6-15/h1-13H,14H2. The van der Waals surface area contributed by atoms with Crippen LogP contribution in [0.15, 0.2) is 72.9 Å². The summed E-state index contributed by atoms with van der Waals surface area (Å²) in [5, 5.41) is 0. The Labute approximate surface area is 129 Å². The molecule has 0 amide bonds. The van der Waals surface area contributed by atoms with Crippen LogP contribution in [0.2, 0.25) is 0 Å². The van der Waals surface area contributed by atoms with E-state index in [1.165, 1.54) is 0 Å². The molecule has 108 valence electrons. The number of benzene rings is 2. The Balaban J connectivity index is 1.71. The summed E-state index contributed by atoms with van der Waals surface area (Å²) >= 11 is 0. The molecule has 22 heavy (non-hydrogen) atoms. The van der Waals surface area contributed by atoms with Gasteiger partial charge < -0.3 is 4.74 Å². The molecule has 0 aliphatic carbocycles. The van der Waals surface area contributed by atoms with Crippen molar-refractivity contribution in [3.05, 3.63) is 84.1 Å². The van der Waals surface area contributed by atoms with Gasteiger partial charge in [0.15, 0.2) is 0 Å². The molecule has 0 radical (unpaired) electrons. The molecule has 0 bridgehead atoms. The zero-order valence-electron chi connectivity index (χ0n) is 12.0. The third-order valence-corrected chi connectivity index (χ3v) is 3.32. The maximum atomic E-state index is 10.8. The quantitative estimate of drug-likeness (QED) is 0.663. The summed E-state index contributed by atoms with van der Waals surface area (Å²) in [6.45, 7) is 0.494. The topological polar surface area (TPSA) is 39.2 Å². The molecule has 3 heteroatoms. The Kier molecular flexibility index (Phi) is 4.25. The highest BCUT2D eigenvalue weighted by Crippen LogP contribution is 2.21. The Hall–Kier alpha value is -2.94. The summed E-state index contributed by atoms with van der Waals surface area (Å²) < 4.78 is 5.66. The van der Waals surface area contributed by atoms with Crippen LogP contribution >= 0.6 is 0 Å². The lowest BCUT2D eigenvalue weighted by Gasteiger charge is -2.07. The summed E-state index contributed by atoms with van der Waals surface area (Å²) in [5.41, 5.74) is 3.68. The lowest BCUT2D eigenvalue weighted by molar-refractivity contribution is 0.112. The number of ether oxygens (including phenoxy) is 1. The Bertz CT molecular complexity index is 752. The van der Waals surface area contributed by atoms with Crippen molar-refractivity contribution in [3.63, 3.8) is 0 Å². The van der Waals surface area contributed by atoms with Crippen LogP contribution in [0.4, 0.5) is 0 Å². The minimum Gasteiger partial charge on any atom is -0.473 e. The van der Waals surface area contributed by atoms with Crippen molar-refractivity contribution in [1.82, 2.24) is 4.98 Å². The summed E-state index contributed by atoms with van der Waals surface area (Å²) in [6.07, 6.45) is 2.60. The molecule has 1 aromatic heterocycles. The van der Waals surface area contributed by atoms with Crippen molar-refractivity contribution in [3.8, 4) is 17.0 Å². The second-order valence-electron chi connectivity index (χ2n) is 4.90. The van der Waals surface area contributed by atoms with E-state index in [1.54, 1.807) is 12.3 Å². The van der Waals surface area contributed by atoms with Crippen molar-refractivity contribution in [2.24, 2.45) is 0 Å². The van der Waals surface area contributed by atoms with Gasteiger partial charge in [-0.1, -0.05) is 48.5 Å². The van der Waals surface area contributed by atoms with Gasteiger partial charge in [-0.25, -0.2) is 4.98 Å². The second-order valence-corrected chi connectivity index (χ2v) is 4.90. The van der Waals surface area contributed by atoms with Crippen molar-refractivity contribution >= 4 is 6.29 Å². The van der Waals surface area contributed by atoms with E-state index in [1.807, 2.05) is 60.7 Å². The summed E-state index contributed by atoms with van der Waals surface area (Å²) in [6, 6.07) is 21.2. The van der Waals surface area contributed by atoms with Gasteiger partial charge in [0.25, 0.3) is 0 Å². The number of rotatable bonds is 5. The molecule has 3 rings (SSSR count). The molecule has 0 unspecified atom stereocenters. The lowest BCUT2D eigenvalue weighted by atomic mass is 10.1. The van der Waals surface area contributed by atoms with Crippen LogP contribution in [0.3, 0.4) is 0 Å². The van der Waals surface area contributed by atoms with E-state index in [4.69, 9.17) is 4.74 Å². The van der Waals surface area contributed by atoms with E-state index < -0.39 is 0 Å². The average Bonchev–Trinajstić information content (AvgIpc) is 2.61. The van der Waals surface area contributed by atoms with Gasteiger partial charge in [0.1, 0.15) is 12.9 Å². The van der Waals surface area contributed by atoms with E-state index >= 15 is 0 Å². The van der Waals surface area contributed by atoms with E-state index in [9.17, 15) is 4.79 Å². The van der Waals surface area contributed by atoms with Gasteiger partial charge in [-0.2, -0.15) is 0 Å². The van der Waals surface area contributed by atoms with Gasteiger partial charge >= 0.3 is 0 Å². The minimum atomic E-state index is 0.494. The maximum Gasteiger partial charge on any atom is 0.213 e. The van der Waals surface area contributed by atoms with E-state index in [-0.39, 0.29) is 0 Å². The fraction of sp³-hybridized carbons (Fsp3) is 0.0526. The number of hydrogen-bond acceptors (Lipinski definition) is 3. The highest BCUT2D eigenvalue weighted by Gasteiger charge is 2.01. The van der Waals surface area contributed by atoms with Crippen LogP contribution in [-0.2, 0) is 6.61 Å². The first-order valence-electron chi connectivity index (χ1n) is 7.03. The Morgan fingerprint density at radius 2 is 1.77 bits per heavy atom. The molecule has 0 aliphatic heterocycles. The highest BCUT2D eigenvalue weighted by molar-refractivity contribution is 5.78. The Morgan fingerprint density at radius 3 is 2.50 bits per heavy atom. The molecule has 0 saturated heterocycles. The van der Waals surface area contributed by atoms with Crippen molar-refractivity contribution in [1.29, 1.82) is 0 Å². The number of pyridine rings is 1. The van der Waals surface area contributed by atoms with Gasteiger partial charge in [0.2, 0.25) is 5.88 Å². The largest absolute Gasteiger partial charge is 0.473 e. The first-order valence-corrected chi connectivity index (χ1v) is 7.03. The van der Waals surface area contributed by atoms with Gasteiger partial charge in [0, 0.05) is 23.4 Å². The smallest absolute Gasteiger partial charge is 0.213 e. The first-order chi connectivity index (χ1) is 10.8. The van der Waals surface area contributed by atoms with Crippen molar-refractivity contribution in [2.45, 2.75) is 6.61 Å². The second kappa shape index (κ2) is 6.68. The molecule has 0 atom stereocenters. The number of aromatic nitrogens is 1. The number of carbonyl (C=O) groups excluding carboxylic acids is 1. The minimum absolute atomic E-state index is 0.494. The number of aldehydes is 1. The van der Waals surface area contributed by atoms with Crippen LogP contribution in [0.1, 0.15) is 15.9 Å². The monoisotopic (exact) mass is 289 g/mol. The van der Waals surface area contributed by atoms with Gasteiger partial charge in [-0.15, -0.1) is 0 Å². The molecule has 3 nitrogen and oxygen atoms in total. The number of hydrogen-bond donors (Lipinski definition) is 0. The molecule has 2 aromatic carbocycles. The fourth-order valence-electron chi connectivity index (χ4n) is 2.16. The summed E-state index contributed by atoms with van der Waals surface area (Å²) in [4.78, 5) is 15.1. The van der Waals surface area contributed by atoms with Crippen molar-refractivity contribution in [2.75, 3.05) is 0 Å². The predicted octanol–water partition coefficient (Wildman–Crippen LogP) is 4.14. The first kappa shape index (κ1) is 14.0. The van der Waals surface area contributed by atoms with Crippen molar-refractivity contribution < 1.29 is 9.53 Å². The molecular weight excluding hydrogens is 274 g/mol. The lowest BCUT2D eigenvalue weighted by Crippen LogP contribution is -1.96. The predicted molar refractivity (Wildman–Crippen MR) is 85.8 cm³/mol. The van der Waals surface area contributed by atoms with E-state index in [2.05, 4.69) is 4.98 Å². The molecule has 0 aliphatic rings. The number of carbonyl (C=O) groups is 1. The van der Waals surface area contributed by atoms with Gasteiger partial charge in [-0.3, -0.25) is 4.79 Å². The fourth-order valence-corrected chi connectivity index (χ4v) is 2.16. The zero-order chi connectivity index (χ0) is 15.2. The van der Waals surface area contributed by atoms with Crippen LogP contribution < -0.4 is 4.74 Å². The van der Waals surface area contributed by atoms with E-state index in [0.717, 1.165) is 23.0 Å². The molecule has 0 spiro atoms. The van der Waals surface area contributed by atoms with Crippen LogP contribution in [-0.4, -0.2) is 11.3 Å². The zero-order valence-corrected chi connectivity index (χ0v) is 12.0. The van der Waals surface area contributed by atoms with Crippen LogP contribution in [0, 0.1) is 0 Å². The normalized spacial score (nSPS) is 10.2. The Morgan fingerprint density at radius 1 is 0.909 bits per heavy atom. The maximum absolute atomic E-state index is 10.8. The highest BCUT2D eigenvalue weighted by atomic mass is 16.5. The molecular formula is C19H15NO2. The number of nitrogens with zero attached hydrogens (tertiary/aromatic N) is 1. The molecule has 1 heterocycles. The SMILES string of the molecule is O=Cc1cccc(-c2ccc(OCc3ccccc3)nc2)c1. The average molecular weight is 289 g/mol. The molecule has 3 aromatic rings. The van der Waals surface area contributed by atoms with Gasteiger partial charge in [0.05, 0.1) is 0 Å². The van der Waals surface area contributed by atoms with Crippen LogP contribution in [0.25, 0.3) is 11.1 Å². The van der Waals surface area contributed by atoms with Crippen LogP contribution in [0.5, 0.6) is 5.88 Å². The van der Waals surface area contributed by atoms with Gasteiger partial charge in [-0.05, 0) is 23.3 Å².